The van der Waals surface area contributed by atoms with E-state index in [9.17, 15) is 4.79 Å². The van der Waals surface area contributed by atoms with Gasteiger partial charge in [-0.1, -0.05) is 40.7 Å². The van der Waals surface area contributed by atoms with Crippen LogP contribution in [0.15, 0.2) is 41.3 Å². The zero-order chi connectivity index (χ0) is 43.5. The van der Waals surface area contributed by atoms with Gasteiger partial charge in [-0.25, -0.2) is 18.0 Å². The van der Waals surface area contributed by atoms with Crippen LogP contribution in [0.5, 0.6) is 5.75 Å². The number of methoxy groups -OCH3 is 1. The van der Waals surface area contributed by atoms with Gasteiger partial charge in [-0.2, -0.15) is 0 Å². The van der Waals surface area contributed by atoms with Crippen LogP contribution in [0.3, 0.4) is 0 Å². The maximum absolute atomic E-state index is 17.9. The lowest BCUT2D eigenvalue weighted by molar-refractivity contribution is 0.0125. The number of ether oxygens (including phenoxy) is 2. The molecule has 1 fully saturated rings. The largest absolute Gasteiger partial charge is 0.496 e. The van der Waals surface area contributed by atoms with Crippen molar-refractivity contribution in [3.8, 4) is 22.6 Å². The van der Waals surface area contributed by atoms with E-state index in [0.717, 1.165) is 6.07 Å². The fraction of sp³-hybridized carbons (Fsp3) is 0.533. The van der Waals surface area contributed by atoms with Gasteiger partial charge in [-0.05, 0) is 94.9 Å². The van der Waals surface area contributed by atoms with Crippen molar-refractivity contribution >= 4 is 36.7 Å². The molecular formula is C45H60F3N5O5Si. The molecule has 0 unspecified atom stereocenters. The van der Waals surface area contributed by atoms with Gasteiger partial charge in [0.05, 0.1) is 46.9 Å². The summed E-state index contributed by atoms with van der Waals surface area (Å²) in [5.41, 5.74) is -0.275. The van der Waals surface area contributed by atoms with Crippen molar-refractivity contribution < 1.29 is 31.9 Å². The Balaban J connectivity index is 1.66. The molecule has 1 saturated heterocycles. The van der Waals surface area contributed by atoms with Crippen LogP contribution < -0.4 is 20.1 Å². The Kier molecular flexibility index (Phi) is 12.0. The highest BCUT2D eigenvalue weighted by atomic mass is 28.4. The topological polar surface area (TPSA) is 89.4 Å². The average molecular weight is 836 g/mol. The molecule has 2 atom stereocenters. The SMILES string of the molecule is COc1cccc(F)c1-c1c(F)cc2c3c(c(=O)n(-c4c(C)ccnc4C(C)C)c2c1F)N(CCCO[Si](C)(C)C(C)(C)C)C[C@H]1CN(C(=O)OC(C)(C)C)[C@H](C)CN31. The fourth-order valence-electron chi connectivity index (χ4n) is 8.06. The van der Waals surface area contributed by atoms with Gasteiger partial charge in [-0.3, -0.25) is 14.3 Å². The molecular weight excluding hydrogens is 776 g/mol. The Morgan fingerprint density at radius 3 is 2.29 bits per heavy atom. The highest BCUT2D eigenvalue weighted by Gasteiger charge is 2.44. The molecule has 0 spiro atoms. The third-order valence-electron chi connectivity index (χ3n) is 12.0. The molecule has 320 valence electrons. The van der Waals surface area contributed by atoms with Crippen LogP contribution >= 0.6 is 0 Å². The molecule has 2 aromatic carbocycles. The smallest absolute Gasteiger partial charge is 0.410 e. The molecule has 0 bridgehead atoms. The van der Waals surface area contributed by atoms with Crippen molar-refractivity contribution in [3.63, 3.8) is 0 Å². The number of fused-ring (bicyclic) bond motifs is 5. The molecule has 2 aromatic heterocycles. The van der Waals surface area contributed by atoms with Gasteiger partial charge >= 0.3 is 6.09 Å². The first-order valence-corrected chi connectivity index (χ1v) is 23.4. The minimum atomic E-state index is -2.10. The number of benzene rings is 2. The Bertz CT molecular complexity index is 2320. The average Bonchev–Trinajstić information content (AvgIpc) is 3.13. The lowest BCUT2D eigenvalue weighted by Gasteiger charge is -2.52. The van der Waals surface area contributed by atoms with Crippen molar-refractivity contribution in [3.05, 3.63) is 75.6 Å². The molecule has 1 amide bonds. The standard InChI is InChI=1S/C45H60F3N5O5Si/c1-26(2)37-38(27(3)18-19-49-37)53-39-30(22-32(47)35(36(39)48)34-31(46)16-14-17-33(34)56-11)40-41(42(53)54)50(20-15-21-57-59(12,13)45(8,9)10)24-29-25-51(28(4)23-52(29)40)43(55)58-44(5,6)7/h14,16-19,22,26,28-29H,15,20-21,23-25H2,1-13H3/t28-,29+/m1/s1. The Morgan fingerprint density at radius 1 is 0.966 bits per heavy atom. The van der Waals surface area contributed by atoms with Crippen molar-refractivity contribution in [1.29, 1.82) is 0 Å². The zero-order valence-electron chi connectivity index (χ0n) is 36.8. The van der Waals surface area contributed by atoms with E-state index in [1.807, 2.05) is 58.3 Å². The lowest BCUT2D eigenvalue weighted by Crippen LogP contribution is -2.65. The number of aryl methyl sites for hydroxylation is 1. The van der Waals surface area contributed by atoms with Crippen LogP contribution in [0.2, 0.25) is 18.1 Å². The van der Waals surface area contributed by atoms with Gasteiger partial charge < -0.3 is 28.6 Å². The van der Waals surface area contributed by atoms with Gasteiger partial charge in [0.15, 0.2) is 14.1 Å². The summed E-state index contributed by atoms with van der Waals surface area (Å²) in [5, 5.41) is 0.133. The van der Waals surface area contributed by atoms with Gasteiger partial charge in [0.25, 0.3) is 5.56 Å². The van der Waals surface area contributed by atoms with Crippen LogP contribution in [0.25, 0.3) is 27.7 Å². The Labute approximate surface area is 347 Å². The summed E-state index contributed by atoms with van der Waals surface area (Å²) in [4.78, 5) is 39.6. The second-order valence-electron chi connectivity index (χ2n) is 18.8. The van der Waals surface area contributed by atoms with E-state index in [2.05, 4.69) is 38.8 Å². The first-order chi connectivity index (χ1) is 27.5. The molecule has 14 heteroatoms. The maximum Gasteiger partial charge on any atom is 0.410 e. The second kappa shape index (κ2) is 16.1. The van der Waals surface area contributed by atoms with Crippen molar-refractivity contribution in [2.75, 3.05) is 49.7 Å². The van der Waals surface area contributed by atoms with E-state index < -0.39 is 54.1 Å². The fourth-order valence-corrected chi connectivity index (χ4v) is 9.14. The van der Waals surface area contributed by atoms with Crippen LogP contribution in [0.1, 0.15) is 85.9 Å². The third-order valence-corrected chi connectivity index (χ3v) is 16.6. The lowest BCUT2D eigenvalue weighted by atomic mass is 9.95. The van der Waals surface area contributed by atoms with E-state index in [-0.39, 0.29) is 58.5 Å². The minimum absolute atomic E-state index is 0.00281. The number of anilines is 2. The maximum atomic E-state index is 17.9. The predicted molar refractivity (Wildman–Crippen MR) is 232 cm³/mol. The first kappa shape index (κ1) is 44.0. The molecule has 2 aliphatic rings. The summed E-state index contributed by atoms with van der Waals surface area (Å²) in [6.07, 6.45) is 1.76. The highest BCUT2D eigenvalue weighted by molar-refractivity contribution is 6.74. The minimum Gasteiger partial charge on any atom is -0.496 e. The van der Waals surface area contributed by atoms with Gasteiger partial charge in [0.1, 0.15) is 28.7 Å². The summed E-state index contributed by atoms with van der Waals surface area (Å²) in [7, 11) is -0.793. The molecule has 6 rings (SSSR count). The Hall–Kier alpha value is -4.56. The molecule has 2 aliphatic heterocycles. The van der Waals surface area contributed by atoms with Crippen LogP contribution in [0, 0.1) is 24.4 Å². The summed E-state index contributed by atoms with van der Waals surface area (Å²) >= 11 is 0. The number of halogens is 3. The van der Waals surface area contributed by atoms with Crippen molar-refractivity contribution in [2.45, 2.75) is 117 Å². The predicted octanol–water partition coefficient (Wildman–Crippen LogP) is 9.96. The van der Waals surface area contributed by atoms with Crippen LogP contribution in [0.4, 0.5) is 29.3 Å². The van der Waals surface area contributed by atoms with Gasteiger partial charge in [0.2, 0.25) is 0 Å². The van der Waals surface area contributed by atoms with E-state index in [0.29, 0.717) is 48.7 Å². The van der Waals surface area contributed by atoms with E-state index >= 15 is 18.0 Å². The number of nitrogens with zero attached hydrogens (tertiary/aromatic N) is 5. The number of hydrogen-bond acceptors (Lipinski definition) is 8. The number of piperazine rings is 1. The number of hydrogen-bond donors (Lipinski definition) is 0. The quantitative estimate of drug-likeness (QED) is 0.122. The number of carbonyl (C=O) groups excluding carboxylic acids is 1. The first-order valence-electron chi connectivity index (χ1n) is 20.5. The number of amides is 1. The van der Waals surface area contributed by atoms with E-state index in [4.69, 9.17) is 13.9 Å². The molecule has 0 N–H and O–H groups in total. The molecule has 4 heterocycles. The zero-order valence-corrected chi connectivity index (χ0v) is 37.8. The van der Waals surface area contributed by atoms with Crippen LogP contribution in [-0.4, -0.2) is 86.4 Å². The number of carbonyl (C=O) groups is 1. The van der Waals surface area contributed by atoms with Crippen LogP contribution in [-0.2, 0) is 9.16 Å². The number of aromatic nitrogens is 2. The monoisotopic (exact) mass is 835 g/mol. The number of rotatable bonds is 9. The van der Waals surface area contributed by atoms with Crippen molar-refractivity contribution in [1.82, 2.24) is 14.5 Å². The summed E-state index contributed by atoms with van der Waals surface area (Å²) in [6, 6.07) is 6.15. The molecule has 0 aliphatic carbocycles. The Morgan fingerprint density at radius 2 is 1.66 bits per heavy atom. The van der Waals surface area contributed by atoms with Gasteiger partial charge in [0, 0.05) is 50.4 Å². The van der Waals surface area contributed by atoms with Gasteiger partial charge in [-0.15, -0.1) is 0 Å². The van der Waals surface area contributed by atoms with E-state index in [1.54, 1.807) is 17.2 Å². The highest BCUT2D eigenvalue weighted by Crippen LogP contribution is 2.47. The third kappa shape index (κ3) is 8.18. The van der Waals surface area contributed by atoms with Crippen molar-refractivity contribution in [2.24, 2.45) is 0 Å². The molecule has 59 heavy (non-hydrogen) atoms. The molecule has 0 radical (unpaired) electrons. The molecule has 10 nitrogen and oxygen atoms in total. The normalized spacial score (nSPS) is 17.4. The molecule has 4 aromatic rings. The summed E-state index contributed by atoms with van der Waals surface area (Å²) < 4.78 is 69.7. The second-order valence-corrected chi connectivity index (χ2v) is 23.6. The number of pyridine rings is 2. The summed E-state index contributed by atoms with van der Waals surface area (Å²) in [5.74, 6) is -3.26. The summed E-state index contributed by atoms with van der Waals surface area (Å²) in [6.45, 7) is 25.7. The van der Waals surface area contributed by atoms with E-state index in [1.165, 1.54) is 29.9 Å². The molecule has 0 saturated carbocycles.